The summed E-state index contributed by atoms with van der Waals surface area (Å²) < 4.78 is 0. The topological polar surface area (TPSA) is 55.2 Å². The van der Waals surface area contributed by atoms with Gasteiger partial charge in [0, 0.05) is 17.7 Å². The van der Waals surface area contributed by atoms with Gasteiger partial charge >= 0.3 is 0 Å². The molecule has 1 N–H and O–H groups in total. The Hall–Kier alpha value is -1.13. The summed E-state index contributed by atoms with van der Waals surface area (Å²) in [4.78, 5) is 10.8. The molecule has 4 nitrogen and oxygen atoms in total. The van der Waals surface area contributed by atoms with E-state index in [9.17, 15) is 10.1 Å². The van der Waals surface area contributed by atoms with Crippen molar-refractivity contribution in [3.05, 3.63) is 38.9 Å². The fourth-order valence-corrected chi connectivity index (χ4v) is 3.53. The van der Waals surface area contributed by atoms with Gasteiger partial charge in [-0.05, 0) is 50.6 Å². The molecule has 1 fully saturated rings. The Morgan fingerprint density at radius 3 is 2.85 bits per heavy atom. The van der Waals surface area contributed by atoms with Crippen LogP contribution in [0.1, 0.15) is 31.7 Å². The standard InChI is InChI=1S/C15H21ClN2O2/c1-10-6-7-14(17-2)11(8-10)9-12-13(16)4-3-5-15(12)18(19)20/h3-5,10-11,14,17H,6-9H2,1-2H3. The van der Waals surface area contributed by atoms with Gasteiger partial charge in [-0.25, -0.2) is 0 Å². The number of halogens is 1. The molecule has 0 bridgehead atoms. The Kier molecular flexibility index (Phi) is 5.00. The SMILES string of the molecule is CNC1CCC(C)CC1Cc1c(Cl)cccc1[N+](=O)[O-]. The number of nitro groups is 1. The van der Waals surface area contributed by atoms with E-state index in [1.165, 1.54) is 6.42 Å². The number of benzene rings is 1. The lowest BCUT2D eigenvalue weighted by molar-refractivity contribution is -0.385. The molecule has 1 aromatic carbocycles. The fourth-order valence-electron chi connectivity index (χ4n) is 3.29. The first-order valence-electron chi connectivity index (χ1n) is 7.12. The summed E-state index contributed by atoms with van der Waals surface area (Å²) in [5, 5.41) is 15.0. The minimum absolute atomic E-state index is 0.144. The highest BCUT2D eigenvalue weighted by atomic mass is 35.5. The molecule has 0 radical (unpaired) electrons. The molecule has 0 heterocycles. The monoisotopic (exact) mass is 296 g/mol. The Morgan fingerprint density at radius 1 is 1.45 bits per heavy atom. The van der Waals surface area contributed by atoms with Crippen molar-refractivity contribution < 1.29 is 4.92 Å². The predicted octanol–water partition coefficient (Wildman–Crippen LogP) is 3.81. The zero-order valence-corrected chi connectivity index (χ0v) is 12.7. The summed E-state index contributed by atoms with van der Waals surface area (Å²) in [6, 6.07) is 5.34. The second kappa shape index (κ2) is 6.55. The second-order valence-corrected chi connectivity index (χ2v) is 6.18. The normalized spacial score (nSPS) is 26.4. The van der Waals surface area contributed by atoms with E-state index in [0.717, 1.165) is 12.8 Å². The van der Waals surface area contributed by atoms with Crippen molar-refractivity contribution in [3.8, 4) is 0 Å². The number of rotatable bonds is 4. The first-order chi connectivity index (χ1) is 9.52. The summed E-state index contributed by atoms with van der Waals surface area (Å²) >= 11 is 6.20. The van der Waals surface area contributed by atoms with Crippen LogP contribution in [0.5, 0.6) is 0 Å². The van der Waals surface area contributed by atoms with Gasteiger partial charge in [0.15, 0.2) is 0 Å². The maximum atomic E-state index is 11.2. The molecule has 1 aliphatic rings. The molecule has 1 aromatic rings. The van der Waals surface area contributed by atoms with Crippen LogP contribution in [0.15, 0.2) is 18.2 Å². The molecule has 110 valence electrons. The van der Waals surface area contributed by atoms with E-state index in [0.29, 0.717) is 34.9 Å². The maximum Gasteiger partial charge on any atom is 0.274 e. The van der Waals surface area contributed by atoms with Crippen LogP contribution in [-0.4, -0.2) is 18.0 Å². The summed E-state index contributed by atoms with van der Waals surface area (Å²) in [7, 11) is 1.97. The summed E-state index contributed by atoms with van der Waals surface area (Å²) in [6.07, 6.45) is 4.10. The third-order valence-electron chi connectivity index (χ3n) is 4.37. The highest BCUT2D eigenvalue weighted by Gasteiger charge is 2.30. The quantitative estimate of drug-likeness (QED) is 0.679. The average Bonchev–Trinajstić information content (AvgIpc) is 2.41. The molecule has 0 aliphatic heterocycles. The van der Waals surface area contributed by atoms with Gasteiger partial charge in [-0.1, -0.05) is 24.6 Å². The molecule has 3 atom stereocenters. The van der Waals surface area contributed by atoms with Gasteiger partial charge in [0.2, 0.25) is 0 Å². The lowest BCUT2D eigenvalue weighted by Crippen LogP contribution is -2.39. The van der Waals surface area contributed by atoms with Gasteiger partial charge in [-0.3, -0.25) is 10.1 Å². The van der Waals surface area contributed by atoms with Crippen molar-refractivity contribution >= 4 is 17.3 Å². The molecule has 1 saturated carbocycles. The third kappa shape index (κ3) is 3.30. The van der Waals surface area contributed by atoms with Gasteiger partial charge in [-0.2, -0.15) is 0 Å². The van der Waals surface area contributed by atoms with E-state index in [1.54, 1.807) is 18.2 Å². The Bertz CT molecular complexity index is 493. The zero-order chi connectivity index (χ0) is 14.7. The molecule has 3 unspecified atom stereocenters. The summed E-state index contributed by atoms with van der Waals surface area (Å²) in [5.41, 5.74) is 0.823. The number of nitrogens with one attached hydrogen (secondary N) is 1. The fraction of sp³-hybridized carbons (Fsp3) is 0.600. The highest BCUT2D eigenvalue weighted by Crippen LogP contribution is 2.35. The summed E-state index contributed by atoms with van der Waals surface area (Å²) in [5.74, 6) is 1.08. The van der Waals surface area contributed by atoms with Crippen LogP contribution in [0, 0.1) is 22.0 Å². The maximum absolute atomic E-state index is 11.2. The van der Waals surface area contributed by atoms with Gasteiger partial charge in [0.25, 0.3) is 5.69 Å². The van der Waals surface area contributed by atoms with Crippen molar-refractivity contribution in [1.82, 2.24) is 5.32 Å². The predicted molar refractivity (Wildman–Crippen MR) is 81.2 cm³/mol. The molecule has 0 spiro atoms. The third-order valence-corrected chi connectivity index (χ3v) is 4.73. The molecule has 1 aliphatic carbocycles. The molecule has 0 saturated heterocycles. The Morgan fingerprint density at radius 2 is 2.20 bits per heavy atom. The van der Waals surface area contributed by atoms with Crippen molar-refractivity contribution in [1.29, 1.82) is 0 Å². The van der Waals surface area contributed by atoms with Crippen molar-refractivity contribution in [2.24, 2.45) is 11.8 Å². The van der Waals surface area contributed by atoms with Gasteiger partial charge in [0.05, 0.1) is 9.95 Å². The first kappa shape index (κ1) is 15.3. The van der Waals surface area contributed by atoms with Crippen LogP contribution >= 0.6 is 11.6 Å². The largest absolute Gasteiger partial charge is 0.317 e. The smallest absolute Gasteiger partial charge is 0.274 e. The lowest BCUT2D eigenvalue weighted by Gasteiger charge is -2.35. The second-order valence-electron chi connectivity index (χ2n) is 5.77. The molecule has 2 rings (SSSR count). The molecule has 5 heteroatoms. The van der Waals surface area contributed by atoms with E-state index in [-0.39, 0.29) is 10.6 Å². The van der Waals surface area contributed by atoms with Crippen LogP contribution in [-0.2, 0) is 6.42 Å². The van der Waals surface area contributed by atoms with E-state index >= 15 is 0 Å². The van der Waals surface area contributed by atoms with Crippen molar-refractivity contribution in [2.45, 2.75) is 38.6 Å². The van der Waals surface area contributed by atoms with Crippen LogP contribution < -0.4 is 5.32 Å². The molecule has 0 amide bonds. The van der Waals surface area contributed by atoms with Crippen LogP contribution in [0.2, 0.25) is 5.02 Å². The number of hydrogen-bond acceptors (Lipinski definition) is 3. The zero-order valence-electron chi connectivity index (χ0n) is 11.9. The number of nitrogens with zero attached hydrogens (tertiary/aromatic N) is 1. The minimum Gasteiger partial charge on any atom is -0.317 e. The van der Waals surface area contributed by atoms with E-state index in [1.807, 2.05) is 7.05 Å². The Balaban J connectivity index is 2.26. The molecule has 0 aromatic heterocycles. The minimum atomic E-state index is -0.331. The summed E-state index contributed by atoms with van der Waals surface area (Å²) in [6.45, 7) is 2.25. The number of nitro benzene ring substituents is 1. The van der Waals surface area contributed by atoms with Crippen LogP contribution in [0.3, 0.4) is 0 Å². The van der Waals surface area contributed by atoms with Crippen molar-refractivity contribution in [2.75, 3.05) is 7.05 Å². The molecular weight excluding hydrogens is 276 g/mol. The van der Waals surface area contributed by atoms with Crippen LogP contribution in [0.4, 0.5) is 5.69 Å². The van der Waals surface area contributed by atoms with Gasteiger partial charge in [0.1, 0.15) is 0 Å². The first-order valence-corrected chi connectivity index (χ1v) is 7.49. The van der Waals surface area contributed by atoms with Crippen molar-refractivity contribution in [3.63, 3.8) is 0 Å². The van der Waals surface area contributed by atoms with Gasteiger partial charge in [-0.15, -0.1) is 0 Å². The average molecular weight is 297 g/mol. The lowest BCUT2D eigenvalue weighted by atomic mass is 9.76. The van der Waals surface area contributed by atoms with E-state index < -0.39 is 0 Å². The van der Waals surface area contributed by atoms with Crippen LogP contribution in [0.25, 0.3) is 0 Å². The van der Waals surface area contributed by atoms with E-state index in [2.05, 4.69) is 12.2 Å². The number of hydrogen-bond donors (Lipinski definition) is 1. The van der Waals surface area contributed by atoms with E-state index in [4.69, 9.17) is 11.6 Å². The van der Waals surface area contributed by atoms with Gasteiger partial charge < -0.3 is 5.32 Å². The Labute approximate surface area is 124 Å². The molecule has 20 heavy (non-hydrogen) atoms. The highest BCUT2D eigenvalue weighted by molar-refractivity contribution is 6.31. The molecular formula is C15H21ClN2O2.